The number of alkyl halides is 1. The SMILES string of the molecule is CCC(Cl)CNS(=O)(=O)c1ccc(Br)cc1. The first kappa shape index (κ1) is 14.0. The predicted molar refractivity (Wildman–Crippen MR) is 69.3 cm³/mol. The quantitative estimate of drug-likeness (QED) is 0.846. The summed E-state index contributed by atoms with van der Waals surface area (Å²) in [6.45, 7) is 2.15. The highest BCUT2D eigenvalue weighted by molar-refractivity contribution is 9.10. The molecule has 1 atom stereocenters. The van der Waals surface area contributed by atoms with Crippen molar-refractivity contribution in [1.29, 1.82) is 0 Å². The van der Waals surface area contributed by atoms with Gasteiger partial charge in [-0.15, -0.1) is 11.6 Å². The highest BCUT2D eigenvalue weighted by Crippen LogP contribution is 2.14. The Morgan fingerprint density at radius 2 is 1.94 bits per heavy atom. The molecule has 0 spiro atoms. The molecule has 16 heavy (non-hydrogen) atoms. The Balaban J connectivity index is 2.74. The number of hydrogen-bond donors (Lipinski definition) is 1. The van der Waals surface area contributed by atoms with Crippen molar-refractivity contribution >= 4 is 37.6 Å². The molecule has 0 saturated heterocycles. The highest BCUT2D eigenvalue weighted by Gasteiger charge is 2.14. The van der Waals surface area contributed by atoms with Gasteiger partial charge in [0.25, 0.3) is 0 Å². The molecule has 1 rings (SSSR count). The van der Waals surface area contributed by atoms with Crippen LogP contribution in [-0.2, 0) is 10.0 Å². The number of benzene rings is 1. The molecule has 0 aliphatic carbocycles. The van der Waals surface area contributed by atoms with Crippen molar-refractivity contribution in [2.45, 2.75) is 23.6 Å². The lowest BCUT2D eigenvalue weighted by atomic mass is 10.3. The van der Waals surface area contributed by atoms with Crippen molar-refractivity contribution in [1.82, 2.24) is 4.72 Å². The maximum atomic E-state index is 11.8. The van der Waals surface area contributed by atoms with Gasteiger partial charge in [-0.1, -0.05) is 22.9 Å². The second kappa shape index (κ2) is 6.00. The Morgan fingerprint density at radius 1 is 1.38 bits per heavy atom. The van der Waals surface area contributed by atoms with Gasteiger partial charge in [0, 0.05) is 16.4 Å². The summed E-state index contributed by atoms with van der Waals surface area (Å²) in [5.41, 5.74) is 0. The van der Waals surface area contributed by atoms with Crippen LogP contribution in [0.1, 0.15) is 13.3 Å². The van der Waals surface area contributed by atoms with Gasteiger partial charge in [0.15, 0.2) is 0 Å². The topological polar surface area (TPSA) is 46.2 Å². The molecule has 0 aliphatic rings. The Hall–Kier alpha value is -0.100. The van der Waals surface area contributed by atoms with E-state index in [9.17, 15) is 8.42 Å². The maximum Gasteiger partial charge on any atom is 0.240 e. The first-order valence-electron chi connectivity index (χ1n) is 4.85. The summed E-state index contributed by atoms with van der Waals surface area (Å²) in [5, 5.41) is -0.176. The molecule has 0 fully saturated rings. The van der Waals surface area contributed by atoms with E-state index in [1.54, 1.807) is 24.3 Å². The molecule has 90 valence electrons. The van der Waals surface area contributed by atoms with E-state index in [1.165, 1.54) is 0 Å². The van der Waals surface area contributed by atoms with E-state index < -0.39 is 10.0 Å². The van der Waals surface area contributed by atoms with Crippen LogP contribution >= 0.6 is 27.5 Å². The third-order valence-corrected chi connectivity index (χ3v) is 4.49. The van der Waals surface area contributed by atoms with Gasteiger partial charge in [-0.3, -0.25) is 0 Å². The molecule has 0 aliphatic heterocycles. The van der Waals surface area contributed by atoms with E-state index in [1.807, 2.05) is 6.92 Å². The zero-order valence-electron chi connectivity index (χ0n) is 8.78. The summed E-state index contributed by atoms with van der Waals surface area (Å²) in [6, 6.07) is 6.46. The average Bonchev–Trinajstić information content (AvgIpc) is 2.26. The van der Waals surface area contributed by atoms with Gasteiger partial charge in [0.05, 0.1) is 4.90 Å². The molecule has 0 aromatic heterocycles. The summed E-state index contributed by atoms with van der Waals surface area (Å²) >= 11 is 9.10. The fraction of sp³-hybridized carbons (Fsp3) is 0.400. The standard InChI is InChI=1S/C10H13BrClNO2S/c1-2-9(12)7-13-16(14,15)10-5-3-8(11)4-6-10/h3-6,9,13H,2,7H2,1H3. The van der Waals surface area contributed by atoms with Crippen molar-refractivity contribution in [2.75, 3.05) is 6.54 Å². The van der Waals surface area contributed by atoms with Gasteiger partial charge in [-0.2, -0.15) is 0 Å². The van der Waals surface area contributed by atoms with Crippen molar-refractivity contribution in [3.63, 3.8) is 0 Å². The maximum absolute atomic E-state index is 11.8. The van der Waals surface area contributed by atoms with Gasteiger partial charge >= 0.3 is 0 Å². The second-order valence-electron chi connectivity index (χ2n) is 3.31. The van der Waals surface area contributed by atoms with E-state index in [0.717, 1.165) is 10.9 Å². The van der Waals surface area contributed by atoms with Crippen LogP contribution < -0.4 is 4.72 Å². The number of rotatable bonds is 5. The first-order valence-corrected chi connectivity index (χ1v) is 7.56. The van der Waals surface area contributed by atoms with Gasteiger partial charge < -0.3 is 0 Å². The van der Waals surface area contributed by atoms with E-state index >= 15 is 0 Å². The largest absolute Gasteiger partial charge is 0.240 e. The molecular formula is C10H13BrClNO2S. The van der Waals surface area contributed by atoms with Gasteiger partial charge in [-0.05, 0) is 30.7 Å². The Bertz CT molecular complexity index is 433. The first-order chi connectivity index (χ1) is 7.45. The van der Waals surface area contributed by atoms with Crippen LogP contribution in [0.15, 0.2) is 33.6 Å². The molecule has 0 amide bonds. The van der Waals surface area contributed by atoms with E-state index in [2.05, 4.69) is 20.7 Å². The van der Waals surface area contributed by atoms with Crippen molar-refractivity contribution in [2.24, 2.45) is 0 Å². The smallest absolute Gasteiger partial charge is 0.210 e. The predicted octanol–water partition coefficient (Wildman–Crippen LogP) is 2.74. The van der Waals surface area contributed by atoms with Crippen LogP contribution in [0, 0.1) is 0 Å². The van der Waals surface area contributed by atoms with Crippen LogP contribution in [0.5, 0.6) is 0 Å². The van der Waals surface area contributed by atoms with Crippen LogP contribution in [0.3, 0.4) is 0 Å². The van der Waals surface area contributed by atoms with Crippen LogP contribution in [-0.4, -0.2) is 20.3 Å². The monoisotopic (exact) mass is 325 g/mol. The summed E-state index contributed by atoms with van der Waals surface area (Å²) in [7, 11) is -3.44. The fourth-order valence-corrected chi connectivity index (χ4v) is 2.56. The molecule has 1 N–H and O–H groups in total. The fourth-order valence-electron chi connectivity index (χ4n) is 1.04. The normalized spacial score (nSPS) is 13.7. The molecule has 0 heterocycles. The summed E-state index contributed by atoms with van der Waals surface area (Å²) in [5.74, 6) is 0. The van der Waals surface area contributed by atoms with E-state index in [-0.39, 0.29) is 16.8 Å². The summed E-state index contributed by atoms with van der Waals surface area (Å²) in [4.78, 5) is 0.246. The Kier molecular flexibility index (Phi) is 5.24. The molecule has 3 nitrogen and oxygen atoms in total. The third kappa shape index (κ3) is 4.05. The van der Waals surface area contributed by atoms with Crippen molar-refractivity contribution in [3.05, 3.63) is 28.7 Å². The van der Waals surface area contributed by atoms with Crippen LogP contribution in [0.25, 0.3) is 0 Å². The lowest BCUT2D eigenvalue weighted by molar-refractivity contribution is 0.579. The molecule has 0 saturated carbocycles. The van der Waals surface area contributed by atoms with Gasteiger partial charge in [0.1, 0.15) is 0 Å². The molecule has 1 aromatic rings. The molecule has 0 bridgehead atoms. The number of halogens is 2. The summed E-state index contributed by atoms with van der Waals surface area (Å²) < 4.78 is 26.9. The molecule has 0 radical (unpaired) electrons. The summed E-state index contributed by atoms with van der Waals surface area (Å²) in [6.07, 6.45) is 0.727. The molecular weight excluding hydrogens is 314 g/mol. The molecule has 1 aromatic carbocycles. The Labute approximate surface area is 109 Å². The Morgan fingerprint density at radius 3 is 2.44 bits per heavy atom. The minimum atomic E-state index is -3.44. The highest BCUT2D eigenvalue weighted by atomic mass is 79.9. The minimum Gasteiger partial charge on any atom is -0.210 e. The third-order valence-electron chi connectivity index (χ3n) is 2.06. The number of hydrogen-bond acceptors (Lipinski definition) is 2. The number of nitrogens with one attached hydrogen (secondary N) is 1. The second-order valence-corrected chi connectivity index (χ2v) is 6.61. The molecule has 6 heteroatoms. The van der Waals surface area contributed by atoms with E-state index in [0.29, 0.717) is 0 Å². The van der Waals surface area contributed by atoms with Gasteiger partial charge in [-0.25, -0.2) is 13.1 Å². The van der Waals surface area contributed by atoms with Crippen molar-refractivity contribution < 1.29 is 8.42 Å². The minimum absolute atomic E-state index is 0.176. The van der Waals surface area contributed by atoms with Gasteiger partial charge in [0.2, 0.25) is 10.0 Å². The van der Waals surface area contributed by atoms with Crippen LogP contribution in [0.2, 0.25) is 0 Å². The van der Waals surface area contributed by atoms with Crippen LogP contribution in [0.4, 0.5) is 0 Å². The average molecular weight is 327 g/mol. The zero-order valence-corrected chi connectivity index (χ0v) is 11.9. The number of sulfonamides is 1. The lowest BCUT2D eigenvalue weighted by Gasteiger charge is -2.09. The van der Waals surface area contributed by atoms with E-state index in [4.69, 9.17) is 11.6 Å². The lowest BCUT2D eigenvalue weighted by Crippen LogP contribution is -2.29. The zero-order chi connectivity index (χ0) is 12.2. The van der Waals surface area contributed by atoms with Crippen molar-refractivity contribution in [3.8, 4) is 0 Å². The molecule has 1 unspecified atom stereocenters.